The third kappa shape index (κ3) is 6.03. The number of aromatic nitrogens is 1. The number of likely N-dealkylation sites (tertiary alicyclic amines) is 1. The molecule has 2 heterocycles. The van der Waals surface area contributed by atoms with Crippen molar-refractivity contribution in [2.24, 2.45) is 5.92 Å². The van der Waals surface area contributed by atoms with Gasteiger partial charge in [0.2, 0.25) is 11.8 Å². The van der Waals surface area contributed by atoms with E-state index in [1.54, 1.807) is 18.3 Å². The van der Waals surface area contributed by atoms with Crippen LogP contribution in [-0.4, -0.2) is 47.2 Å². The maximum absolute atomic E-state index is 12.9. The van der Waals surface area contributed by atoms with E-state index >= 15 is 0 Å². The number of nitrogens with zero attached hydrogens (tertiary/aromatic N) is 2. The standard InChI is InChI=1S/C21H21F3N4O3/c22-21(23,24)17-5-1-3-14(9-17)12-28-13-16(10-18(28)29)20(31)27-8-7-26-19(30)15-4-2-6-25-11-15/h1-6,9,11,16H,7-8,10,12-13H2,(H,26,30)(H,27,31). The number of halogens is 3. The molecule has 10 heteroatoms. The Morgan fingerprint density at radius 2 is 1.90 bits per heavy atom. The first-order valence-electron chi connectivity index (χ1n) is 9.64. The van der Waals surface area contributed by atoms with Crippen LogP contribution in [0.15, 0.2) is 48.8 Å². The average molecular weight is 434 g/mol. The maximum Gasteiger partial charge on any atom is 0.416 e. The minimum absolute atomic E-state index is 0.00710. The largest absolute Gasteiger partial charge is 0.416 e. The number of carbonyl (C=O) groups is 3. The third-order valence-electron chi connectivity index (χ3n) is 4.85. The van der Waals surface area contributed by atoms with E-state index in [4.69, 9.17) is 0 Å². The molecule has 7 nitrogen and oxygen atoms in total. The van der Waals surface area contributed by atoms with E-state index in [1.807, 2.05) is 0 Å². The Labute approximate surface area is 176 Å². The van der Waals surface area contributed by atoms with Crippen molar-refractivity contribution in [2.75, 3.05) is 19.6 Å². The molecule has 31 heavy (non-hydrogen) atoms. The molecule has 164 valence electrons. The molecule has 0 spiro atoms. The molecule has 0 aliphatic carbocycles. The summed E-state index contributed by atoms with van der Waals surface area (Å²) in [5, 5.41) is 5.32. The van der Waals surface area contributed by atoms with Crippen LogP contribution in [0.1, 0.15) is 27.9 Å². The number of benzene rings is 1. The number of alkyl halides is 3. The van der Waals surface area contributed by atoms with E-state index in [2.05, 4.69) is 15.6 Å². The average Bonchev–Trinajstić information content (AvgIpc) is 3.11. The van der Waals surface area contributed by atoms with Gasteiger partial charge in [-0.15, -0.1) is 0 Å². The monoisotopic (exact) mass is 434 g/mol. The van der Waals surface area contributed by atoms with Gasteiger partial charge in [0.05, 0.1) is 17.0 Å². The van der Waals surface area contributed by atoms with E-state index in [0.29, 0.717) is 11.1 Å². The van der Waals surface area contributed by atoms with Crippen LogP contribution >= 0.6 is 0 Å². The molecule has 2 N–H and O–H groups in total. The fourth-order valence-corrected chi connectivity index (χ4v) is 3.27. The number of rotatable bonds is 7. The van der Waals surface area contributed by atoms with Crippen molar-refractivity contribution in [3.8, 4) is 0 Å². The number of hydrogen-bond acceptors (Lipinski definition) is 4. The second kappa shape index (κ2) is 9.59. The minimum atomic E-state index is -4.46. The Hall–Kier alpha value is -3.43. The zero-order chi connectivity index (χ0) is 22.4. The van der Waals surface area contributed by atoms with E-state index in [0.717, 1.165) is 12.1 Å². The summed E-state index contributed by atoms with van der Waals surface area (Å²) in [7, 11) is 0. The lowest BCUT2D eigenvalue weighted by molar-refractivity contribution is -0.137. The molecule has 1 aromatic carbocycles. The number of carbonyl (C=O) groups excluding carboxylic acids is 3. The van der Waals surface area contributed by atoms with Crippen LogP contribution in [0.2, 0.25) is 0 Å². The predicted octanol–water partition coefficient (Wildman–Crippen LogP) is 2.00. The van der Waals surface area contributed by atoms with Crippen LogP contribution in [0, 0.1) is 5.92 Å². The van der Waals surface area contributed by atoms with Crippen molar-refractivity contribution in [2.45, 2.75) is 19.1 Å². The van der Waals surface area contributed by atoms with Gasteiger partial charge in [-0.3, -0.25) is 19.4 Å². The van der Waals surface area contributed by atoms with E-state index in [1.165, 1.54) is 23.2 Å². The normalized spacial score (nSPS) is 16.3. The van der Waals surface area contributed by atoms with Crippen LogP contribution in [0.4, 0.5) is 13.2 Å². The van der Waals surface area contributed by atoms with Gasteiger partial charge >= 0.3 is 6.18 Å². The predicted molar refractivity (Wildman–Crippen MR) is 105 cm³/mol. The Morgan fingerprint density at radius 1 is 1.13 bits per heavy atom. The molecule has 0 radical (unpaired) electrons. The van der Waals surface area contributed by atoms with Crippen LogP contribution in [0.25, 0.3) is 0 Å². The van der Waals surface area contributed by atoms with E-state index < -0.39 is 17.7 Å². The Kier molecular flexibility index (Phi) is 6.88. The summed E-state index contributed by atoms with van der Waals surface area (Å²) in [6, 6.07) is 8.04. The second-order valence-corrected chi connectivity index (χ2v) is 7.16. The van der Waals surface area contributed by atoms with Crippen LogP contribution < -0.4 is 10.6 Å². The summed E-state index contributed by atoms with van der Waals surface area (Å²) in [4.78, 5) is 41.7. The topological polar surface area (TPSA) is 91.4 Å². The van der Waals surface area contributed by atoms with Gasteiger partial charge in [-0.2, -0.15) is 13.2 Å². The Morgan fingerprint density at radius 3 is 2.61 bits per heavy atom. The van der Waals surface area contributed by atoms with Crippen molar-refractivity contribution < 1.29 is 27.6 Å². The number of amides is 3. The second-order valence-electron chi connectivity index (χ2n) is 7.16. The highest BCUT2D eigenvalue weighted by atomic mass is 19.4. The molecule has 2 aromatic rings. The molecule has 1 atom stereocenters. The zero-order valence-electron chi connectivity index (χ0n) is 16.5. The van der Waals surface area contributed by atoms with E-state index in [9.17, 15) is 27.6 Å². The van der Waals surface area contributed by atoms with Crippen molar-refractivity contribution in [3.63, 3.8) is 0 Å². The highest BCUT2D eigenvalue weighted by Gasteiger charge is 2.35. The molecule has 1 fully saturated rings. The van der Waals surface area contributed by atoms with Crippen molar-refractivity contribution >= 4 is 17.7 Å². The molecule has 1 unspecified atom stereocenters. The summed E-state index contributed by atoms with van der Waals surface area (Å²) in [5.74, 6) is -1.53. The Balaban J connectivity index is 1.45. The molecule has 3 rings (SSSR count). The first-order chi connectivity index (χ1) is 14.7. The van der Waals surface area contributed by atoms with Crippen LogP contribution in [-0.2, 0) is 22.3 Å². The molecular formula is C21H21F3N4O3. The summed E-state index contributed by atoms with van der Waals surface area (Å²) in [6.45, 7) is 0.522. The molecule has 1 saturated heterocycles. The fraction of sp³-hybridized carbons (Fsp3) is 0.333. The summed E-state index contributed by atoms with van der Waals surface area (Å²) in [5.41, 5.74) is -0.0259. The van der Waals surface area contributed by atoms with Gasteiger partial charge in [0.15, 0.2) is 0 Å². The van der Waals surface area contributed by atoms with Gasteiger partial charge in [-0.1, -0.05) is 12.1 Å². The molecule has 0 bridgehead atoms. The first kappa shape index (κ1) is 22.3. The summed E-state index contributed by atoms with van der Waals surface area (Å²) in [6.07, 6.45) is -1.49. The SMILES string of the molecule is O=C(NCCNC(=O)C1CC(=O)N(Cc2cccc(C(F)(F)F)c2)C1)c1cccnc1. The Bertz CT molecular complexity index is 950. The van der Waals surface area contributed by atoms with Crippen LogP contribution in [0.3, 0.4) is 0 Å². The highest BCUT2D eigenvalue weighted by molar-refractivity contribution is 5.93. The molecular weight excluding hydrogens is 413 g/mol. The van der Waals surface area contributed by atoms with Gasteiger partial charge < -0.3 is 15.5 Å². The molecule has 1 aromatic heterocycles. The van der Waals surface area contributed by atoms with Gasteiger partial charge in [0.1, 0.15) is 0 Å². The minimum Gasteiger partial charge on any atom is -0.354 e. The third-order valence-corrected chi connectivity index (χ3v) is 4.85. The zero-order valence-corrected chi connectivity index (χ0v) is 16.5. The quantitative estimate of drug-likeness (QED) is 0.652. The lowest BCUT2D eigenvalue weighted by Gasteiger charge is -2.17. The van der Waals surface area contributed by atoms with Crippen molar-refractivity contribution in [1.82, 2.24) is 20.5 Å². The lowest BCUT2D eigenvalue weighted by atomic mass is 10.1. The molecule has 1 aliphatic heterocycles. The molecule has 0 saturated carbocycles. The van der Waals surface area contributed by atoms with Gasteiger partial charge in [-0.25, -0.2) is 0 Å². The van der Waals surface area contributed by atoms with Gasteiger partial charge in [0, 0.05) is 45.0 Å². The van der Waals surface area contributed by atoms with Gasteiger partial charge in [-0.05, 0) is 29.8 Å². The fourth-order valence-electron chi connectivity index (χ4n) is 3.27. The van der Waals surface area contributed by atoms with Crippen LogP contribution in [0.5, 0.6) is 0 Å². The summed E-state index contributed by atoms with van der Waals surface area (Å²) < 4.78 is 38.6. The maximum atomic E-state index is 12.9. The van der Waals surface area contributed by atoms with Gasteiger partial charge in [0.25, 0.3) is 5.91 Å². The van der Waals surface area contributed by atoms with Crippen molar-refractivity contribution in [1.29, 1.82) is 0 Å². The van der Waals surface area contributed by atoms with E-state index in [-0.39, 0.29) is 50.3 Å². The lowest BCUT2D eigenvalue weighted by Crippen LogP contribution is -2.38. The van der Waals surface area contributed by atoms with Crippen molar-refractivity contribution in [3.05, 3.63) is 65.5 Å². The summed E-state index contributed by atoms with van der Waals surface area (Å²) >= 11 is 0. The first-order valence-corrected chi connectivity index (χ1v) is 9.64. The number of nitrogens with one attached hydrogen (secondary N) is 2. The smallest absolute Gasteiger partial charge is 0.354 e. The number of hydrogen-bond donors (Lipinski definition) is 2. The number of pyridine rings is 1. The highest BCUT2D eigenvalue weighted by Crippen LogP contribution is 2.30. The molecule has 3 amide bonds. The molecule has 1 aliphatic rings.